The second-order valence-electron chi connectivity index (χ2n) is 7.00. The van der Waals surface area contributed by atoms with E-state index in [1.165, 1.54) is 0 Å². The molecule has 1 unspecified atom stereocenters. The predicted molar refractivity (Wildman–Crippen MR) is 109 cm³/mol. The number of ether oxygens (including phenoxy) is 1. The Bertz CT molecular complexity index is 984. The van der Waals surface area contributed by atoms with Crippen LogP contribution in [0, 0.1) is 0 Å². The highest BCUT2D eigenvalue weighted by atomic mass is 35.5. The maximum Gasteiger partial charge on any atom is 0.130 e. The van der Waals surface area contributed by atoms with Gasteiger partial charge in [-0.25, -0.2) is 15.4 Å². The van der Waals surface area contributed by atoms with Gasteiger partial charge in [-0.3, -0.25) is 10.4 Å². The van der Waals surface area contributed by atoms with Gasteiger partial charge >= 0.3 is 0 Å². The number of halogens is 1. The Morgan fingerprint density at radius 3 is 2.79 bits per heavy atom. The van der Waals surface area contributed by atoms with Gasteiger partial charge in [0.15, 0.2) is 0 Å². The summed E-state index contributed by atoms with van der Waals surface area (Å²) in [5.41, 5.74) is 10.5. The lowest BCUT2D eigenvalue weighted by atomic mass is 10.00. The topological polar surface area (TPSA) is 75.2 Å². The Kier molecular flexibility index (Phi) is 4.82. The number of aromatic nitrogens is 3. The largest absolute Gasteiger partial charge is 0.378 e. The van der Waals surface area contributed by atoms with E-state index in [1.54, 1.807) is 0 Å². The number of hydrazine groups is 1. The van der Waals surface area contributed by atoms with Crippen molar-refractivity contribution < 1.29 is 4.74 Å². The smallest absolute Gasteiger partial charge is 0.130 e. The van der Waals surface area contributed by atoms with Gasteiger partial charge in [-0.05, 0) is 36.2 Å². The lowest BCUT2D eigenvalue weighted by Crippen LogP contribution is -2.36. The summed E-state index contributed by atoms with van der Waals surface area (Å²) in [5, 5.41) is 1.55. The number of morpholine rings is 1. The molecule has 2 fully saturated rings. The van der Waals surface area contributed by atoms with Crippen molar-refractivity contribution in [1.82, 2.24) is 25.8 Å². The summed E-state index contributed by atoms with van der Waals surface area (Å²) in [5.74, 6) is 0.945. The summed E-state index contributed by atoms with van der Waals surface area (Å²) in [6.45, 7) is 4.00. The molecule has 0 amide bonds. The third-order valence-electron chi connectivity index (χ3n) is 5.28. The minimum atomic E-state index is 0.146. The number of nitrogens with one attached hydrogen (secondary N) is 2. The SMILES string of the molecule is Clc1ccc(-c2cc(N3CCOCC3)nc3c(C4CCNN4)nccc23)cn1. The van der Waals surface area contributed by atoms with Crippen LogP contribution in [0.3, 0.4) is 0 Å². The Balaban J connectivity index is 1.71. The van der Waals surface area contributed by atoms with Crippen LogP contribution in [-0.4, -0.2) is 47.8 Å². The molecule has 28 heavy (non-hydrogen) atoms. The van der Waals surface area contributed by atoms with Crippen LogP contribution < -0.4 is 15.8 Å². The van der Waals surface area contributed by atoms with E-state index in [0.717, 1.165) is 59.6 Å². The van der Waals surface area contributed by atoms with Crippen molar-refractivity contribution >= 4 is 28.3 Å². The number of hydrogen-bond acceptors (Lipinski definition) is 7. The fourth-order valence-corrected chi connectivity index (χ4v) is 3.94. The first kappa shape index (κ1) is 17.8. The summed E-state index contributed by atoms with van der Waals surface area (Å²) < 4.78 is 5.52. The molecule has 8 heteroatoms. The van der Waals surface area contributed by atoms with Crippen LogP contribution in [0.4, 0.5) is 5.82 Å². The first-order valence-electron chi connectivity index (χ1n) is 9.52. The maximum atomic E-state index is 6.01. The van der Waals surface area contributed by atoms with E-state index in [2.05, 4.69) is 31.8 Å². The Labute approximate surface area is 168 Å². The predicted octanol–water partition coefficient (Wildman–Crippen LogP) is 2.72. The average molecular weight is 397 g/mol. The van der Waals surface area contributed by atoms with E-state index in [4.69, 9.17) is 21.3 Å². The van der Waals surface area contributed by atoms with Crippen molar-refractivity contribution in [2.75, 3.05) is 37.7 Å². The Hall–Kier alpha value is -2.32. The fraction of sp³-hybridized carbons (Fsp3) is 0.350. The number of hydrogen-bond donors (Lipinski definition) is 2. The van der Waals surface area contributed by atoms with Crippen molar-refractivity contribution in [3.63, 3.8) is 0 Å². The molecule has 0 radical (unpaired) electrons. The lowest BCUT2D eigenvalue weighted by Gasteiger charge is -2.29. The molecule has 144 valence electrons. The van der Waals surface area contributed by atoms with Crippen molar-refractivity contribution in [2.45, 2.75) is 12.5 Å². The van der Waals surface area contributed by atoms with Crippen molar-refractivity contribution in [3.8, 4) is 11.1 Å². The number of nitrogens with zero attached hydrogens (tertiary/aromatic N) is 4. The molecule has 0 aliphatic carbocycles. The van der Waals surface area contributed by atoms with Crippen LogP contribution in [0.25, 0.3) is 22.0 Å². The number of anilines is 1. The van der Waals surface area contributed by atoms with E-state index < -0.39 is 0 Å². The molecule has 3 aromatic rings. The van der Waals surface area contributed by atoms with E-state index in [-0.39, 0.29) is 6.04 Å². The molecule has 0 saturated carbocycles. The molecule has 2 aliphatic rings. The van der Waals surface area contributed by atoms with Gasteiger partial charge in [0.05, 0.1) is 30.5 Å². The molecule has 1 atom stereocenters. The van der Waals surface area contributed by atoms with Crippen LogP contribution in [0.5, 0.6) is 0 Å². The monoisotopic (exact) mass is 396 g/mol. The summed E-state index contributed by atoms with van der Waals surface area (Å²) in [6, 6.07) is 8.14. The van der Waals surface area contributed by atoms with E-state index >= 15 is 0 Å². The maximum absolute atomic E-state index is 6.01. The minimum Gasteiger partial charge on any atom is -0.378 e. The molecule has 0 bridgehead atoms. The van der Waals surface area contributed by atoms with Crippen LogP contribution in [-0.2, 0) is 4.74 Å². The molecule has 0 aromatic carbocycles. The van der Waals surface area contributed by atoms with Gasteiger partial charge < -0.3 is 9.64 Å². The van der Waals surface area contributed by atoms with Gasteiger partial charge in [0.1, 0.15) is 11.0 Å². The van der Waals surface area contributed by atoms with E-state index in [1.807, 2.05) is 30.6 Å². The first-order valence-corrected chi connectivity index (χ1v) is 9.90. The number of fused-ring (bicyclic) bond motifs is 1. The molecular weight excluding hydrogens is 376 g/mol. The molecule has 5 heterocycles. The fourth-order valence-electron chi connectivity index (χ4n) is 3.83. The summed E-state index contributed by atoms with van der Waals surface area (Å²) in [6.07, 6.45) is 4.66. The van der Waals surface area contributed by atoms with Crippen molar-refractivity contribution in [1.29, 1.82) is 0 Å². The standard InChI is InChI=1S/C20H21ClN6O/c21-17-2-1-13(12-23-17)15-11-18(27-7-9-28-10-8-27)25-19-14(15)3-5-22-20(19)16-4-6-24-26-16/h1-3,5,11-12,16,24,26H,4,6-10H2. The Morgan fingerprint density at radius 1 is 1.14 bits per heavy atom. The van der Waals surface area contributed by atoms with Crippen molar-refractivity contribution in [3.05, 3.63) is 47.5 Å². The van der Waals surface area contributed by atoms with Crippen molar-refractivity contribution in [2.24, 2.45) is 0 Å². The molecule has 0 spiro atoms. The van der Waals surface area contributed by atoms with Gasteiger partial charge in [-0.15, -0.1) is 0 Å². The average Bonchev–Trinajstić information content (AvgIpc) is 3.28. The second-order valence-corrected chi connectivity index (χ2v) is 7.39. The first-order chi connectivity index (χ1) is 13.8. The van der Waals surface area contributed by atoms with Crippen LogP contribution in [0.1, 0.15) is 18.2 Å². The van der Waals surface area contributed by atoms with Crippen LogP contribution >= 0.6 is 11.6 Å². The molecule has 2 saturated heterocycles. The van der Waals surface area contributed by atoms with Gasteiger partial charge in [0, 0.05) is 43.0 Å². The highest BCUT2D eigenvalue weighted by Gasteiger charge is 2.23. The zero-order valence-corrected chi connectivity index (χ0v) is 16.1. The van der Waals surface area contributed by atoms with Crippen LogP contribution in [0.15, 0.2) is 36.7 Å². The number of pyridine rings is 3. The van der Waals surface area contributed by atoms with Crippen LogP contribution in [0.2, 0.25) is 5.15 Å². The second kappa shape index (κ2) is 7.60. The van der Waals surface area contributed by atoms with Gasteiger partial charge in [-0.2, -0.15) is 0 Å². The van der Waals surface area contributed by atoms with Gasteiger partial charge in [0.25, 0.3) is 0 Å². The number of rotatable bonds is 3. The summed E-state index contributed by atoms with van der Waals surface area (Å²) in [7, 11) is 0. The van der Waals surface area contributed by atoms with Gasteiger partial charge in [0.2, 0.25) is 0 Å². The molecule has 3 aromatic heterocycles. The van der Waals surface area contributed by atoms with E-state index in [0.29, 0.717) is 18.4 Å². The minimum absolute atomic E-state index is 0.146. The lowest BCUT2D eigenvalue weighted by molar-refractivity contribution is 0.122. The zero-order valence-electron chi connectivity index (χ0n) is 15.4. The molecule has 7 nitrogen and oxygen atoms in total. The summed E-state index contributed by atoms with van der Waals surface area (Å²) in [4.78, 5) is 16.3. The molecule has 5 rings (SSSR count). The van der Waals surface area contributed by atoms with Gasteiger partial charge in [-0.1, -0.05) is 11.6 Å². The molecular formula is C20H21ClN6O. The summed E-state index contributed by atoms with van der Waals surface area (Å²) >= 11 is 6.01. The highest BCUT2D eigenvalue weighted by Crippen LogP contribution is 2.34. The quantitative estimate of drug-likeness (QED) is 0.659. The third kappa shape index (κ3) is 3.31. The van der Waals surface area contributed by atoms with E-state index in [9.17, 15) is 0 Å². The molecule has 2 N–H and O–H groups in total. The third-order valence-corrected chi connectivity index (χ3v) is 5.50. The highest BCUT2D eigenvalue weighted by molar-refractivity contribution is 6.29. The Morgan fingerprint density at radius 2 is 2.04 bits per heavy atom. The zero-order chi connectivity index (χ0) is 18.9. The normalized spacial score (nSPS) is 20.0. The molecule has 2 aliphatic heterocycles.